The summed E-state index contributed by atoms with van der Waals surface area (Å²) < 4.78 is 1.13. The number of fused-ring (bicyclic) bond motifs is 5. The third-order valence-corrected chi connectivity index (χ3v) is 6.56. The normalized spacial score (nSPS) is 13.8. The lowest BCUT2D eigenvalue weighted by Crippen LogP contribution is -2.07. The average molecular weight is 375 g/mol. The molecule has 0 spiro atoms. The van der Waals surface area contributed by atoms with Crippen LogP contribution in [0.5, 0.6) is 0 Å². The van der Waals surface area contributed by atoms with Crippen LogP contribution in [0.15, 0.2) is 36.7 Å². The zero-order valence-electron chi connectivity index (χ0n) is 15.5. The summed E-state index contributed by atoms with van der Waals surface area (Å²) in [5, 5.41) is 4.79. The van der Waals surface area contributed by atoms with Crippen LogP contribution in [-0.2, 0) is 19.3 Å². The predicted octanol–water partition coefficient (Wildman–Crippen LogP) is 5.08. The number of hydrogen-bond acceptors (Lipinski definition) is 5. The van der Waals surface area contributed by atoms with Crippen molar-refractivity contribution in [2.75, 3.05) is 11.9 Å². The molecule has 0 saturated carbocycles. The zero-order chi connectivity index (χ0) is 18.2. The topological polar surface area (TPSA) is 50.7 Å². The minimum atomic E-state index is 0.856. The maximum atomic E-state index is 4.92. The molecule has 4 nitrogen and oxygen atoms in total. The second-order valence-electron chi connectivity index (χ2n) is 7.21. The van der Waals surface area contributed by atoms with Crippen LogP contribution < -0.4 is 5.32 Å². The Labute approximate surface area is 162 Å². The fourth-order valence-corrected chi connectivity index (χ4v) is 5.32. The number of benzene rings is 1. The Morgan fingerprint density at radius 1 is 1.04 bits per heavy atom. The summed E-state index contributed by atoms with van der Waals surface area (Å²) in [5.74, 6) is 0.932. The van der Waals surface area contributed by atoms with Crippen molar-refractivity contribution in [3.63, 3.8) is 0 Å². The van der Waals surface area contributed by atoms with Gasteiger partial charge in [-0.1, -0.05) is 30.3 Å². The number of aryl methyl sites for hydroxylation is 2. The number of hydrogen-bond donors (Lipinski definition) is 1. The number of aromatic nitrogens is 3. The predicted molar refractivity (Wildman–Crippen MR) is 113 cm³/mol. The molecule has 5 rings (SSSR count). The molecule has 3 aromatic heterocycles. The van der Waals surface area contributed by atoms with Gasteiger partial charge in [-0.2, -0.15) is 0 Å². The van der Waals surface area contributed by atoms with E-state index in [1.54, 1.807) is 17.7 Å². The molecule has 27 heavy (non-hydrogen) atoms. The Kier molecular flexibility index (Phi) is 4.24. The quantitative estimate of drug-likeness (QED) is 0.541. The van der Waals surface area contributed by atoms with Crippen LogP contribution in [0, 0.1) is 6.92 Å². The smallest absolute Gasteiger partial charge is 0.147 e. The summed E-state index contributed by atoms with van der Waals surface area (Å²) in [4.78, 5) is 15.2. The van der Waals surface area contributed by atoms with Crippen LogP contribution in [0.3, 0.4) is 0 Å². The number of rotatable bonds is 4. The number of thiophene rings is 1. The molecule has 136 valence electrons. The van der Waals surface area contributed by atoms with Crippen molar-refractivity contribution in [3.05, 3.63) is 59.0 Å². The highest BCUT2D eigenvalue weighted by Gasteiger charge is 2.21. The molecule has 3 heterocycles. The van der Waals surface area contributed by atoms with Crippen LogP contribution in [-0.4, -0.2) is 21.5 Å². The Morgan fingerprint density at radius 3 is 2.70 bits per heavy atom. The molecule has 0 radical (unpaired) electrons. The molecule has 5 heteroatoms. The van der Waals surface area contributed by atoms with Gasteiger partial charge >= 0.3 is 0 Å². The summed E-state index contributed by atoms with van der Waals surface area (Å²) in [7, 11) is 0. The van der Waals surface area contributed by atoms with Gasteiger partial charge in [0.1, 0.15) is 17.0 Å². The summed E-state index contributed by atoms with van der Waals surface area (Å²) in [5.41, 5.74) is 6.51. The summed E-state index contributed by atoms with van der Waals surface area (Å²) in [6.45, 7) is 3.01. The molecule has 0 aliphatic heterocycles. The van der Waals surface area contributed by atoms with Crippen LogP contribution in [0.1, 0.15) is 35.2 Å². The fourth-order valence-electron chi connectivity index (χ4n) is 4.14. The van der Waals surface area contributed by atoms with Crippen LogP contribution in [0.2, 0.25) is 0 Å². The minimum Gasteiger partial charge on any atom is -0.368 e. The molecule has 0 unspecified atom stereocenters. The lowest BCUT2D eigenvalue weighted by atomic mass is 9.89. The lowest BCUT2D eigenvalue weighted by molar-refractivity contribution is 0.683. The Morgan fingerprint density at radius 2 is 1.85 bits per heavy atom. The Balaban J connectivity index is 1.54. The second-order valence-corrected chi connectivity index (χ2v) is 8.21. The number of nitrogens with zero attached hydrogens (tertiary/aromatic N) is 3. The van der Waals surface area contributed by atoms with Gasteiger partial charge in [-0.3, -0.25) is 0 Å². The van der Waals surface area contributed by atoms with Crippen LogP contribution in [0.25, 0.3) is 20.4 Å². The van der Waals surface area contributed by atoms with E-state index >= 15 is 0 Å². The molecule has 0 bridgehead atoms. The standard InChI is InChI=1S/C22H22N4S/c1-14-16-9-5-6-10-17(16)18-19-20(27-22(18)26-14)21(25-13-24-19)23-12-11-15-7-3-2-4-8-15/h2-4,7-8,13H,5-6,9-12H2,1H3,(H,23,24,25). The van der Waals surface area contributed by atoms with Gasteiger partial charge in [0.25, 0.3) is 0 Å². The molecule has 1 aromatic carbocycles. The van der Waals surface area contributed by atoms with Crippen molar-refractivity contribution in [2.45, 2.75) is 39.0 Å². The van der Waals surface area contributed by atoms with E-state index in [0.29, 0.717) is 0 Å². The van der Waals surface area contributed by atoms with Gasteiger partial charge in [0.2, 0.25) is 0 Å². The number of nitrogens with one attached hydrogen (secondary N) is 1. The molecule has 1 aliphatic rings. The van der Waals surface area contributed by atoms with Gasteiger partial charge in [0.05, 0.1) is 10.2 Å². The summed E-state index contributed by atoms with van der Waals surface area (Å²) in [6, 6.07) is 10.5. The van der Waals surface area contributed by atoms with E-state index in [0.717, 1.165) is 46.7 Å². The Bertz CT molecular complexity index is 1120. The number of anilines is 1. The van der Waals surface area contributed by atoms with E-state index in [2.05, 4.69) is 52.5 Å². The van der Waals surface area contributed by atoms with Gasteiger partial charge in [-0.15, -0.1) is 11.3 Å². The highest BCUT2D eigenvalue weighted by atomic mass is 32.1. The first kappa shape index (κ1) is 16.6. The van der Waals surface area contributed by atoms with Crippen LogP contribution >= 0.6 is 11.3 Å². The van der Waals surface area contributed by atoms with Crippen molar-refractivity contribution in [1.29, 1.82) is 0 Å². The first-order valence-corrected chi connectivity index (χ1v) is 10.5. The van der Waals surface area contributed by atoms with E-state index in [-0.39, 0.29) is 0 Å². The monoisotopic (exact) mass is 374 g/mol. The molecule has 0 amide bonds. The third-order valence-electron chi connectivity index (χ3n) is 5.48. The molecule has 0 saturated heterocycles. The van der Waals surface area contributed by atoms with Crippen molar-refractivity contribution >= 4 is 37.6 Å². The zero-order valence-corrected chi connectivity index (χ0v) is 16.3. The van der Waals surface area contributed by atoms with E-state index < -0.39 is 0 Å². The maximum Gasteiger partial charge on any atom is 0.147 e. The van der Waals surface area contributed by atoms with Crippen molar-refractivity contribution in [3.8, 4) is 0 Å². The first-order chi connectivity index (χ1) is 13.3. The summed E-state index contributed by atoms with van der Waals surface area (Å²) >= 11 is 1.72. The van der Waals surface area contributed by atoms with Crippen molar-refractivity contribution in [2.24, 2.45) is 0 Å². The molecule has 0 fully saturated rings. The molecular formula is C22H22N4S. The minimum absolute atomic E-state index is 0.856. The number of pyridine rings is 1. The van der Waals surface area contributed by atoms with E-state index in [4.69, 9.17) is 4.98 Å². The highest BCUT2D eigenvalue weighted by molar-refractivity contribution is 7.26. The SMILES string of the molecule is Cc1nc2sc3c(NCCc4ccccc4)ncnc3c2c2c1CCCC2. The van der Waals surface area contributed by atoms with E-state index in [1.165, 1.54) is 40.6 Å². The Hall–Kier alpha value is -2.53. The fraction of sp³-hybridized carbons (Fsp3) is 0.318. The summed E-state index contributed by atoms with van der Waals surface area (Å²) in [6.07, 6.45) is 7.48. The molecule has 1 aliphatic carbocycles. The van der Waals surface area contributed by atoms with Crippen molar-refractivity contribution in [1.82, 2.24) is 15.0 Å². The largest absolute Gasteiger partial charge is 0.368 e. The van der Waals surface area contributed by atoms with Crippen LogP contribution in [0.4, 0.5) is 5.82 Å². The van der Waals surface area contributed by atoms with Gasteiger partial charge in [-0.05, 0) is 55.7 Å². The molecule has 0 atom stereocenters. The average Bonchev–Trinajstić information content (AvgIpc) is 3.08. The van der Waals surface area contributed by atoms with Gasteiger partial charge < -0.3 is 5.32 Å². The van der Waals surface area contributed by atoms with Gasteiger partial charge in [0.15, 0.2) is 0 Å². The van der Waals surface area contributed by atoms with Gasteiger partial charge in [0, 0.05) is 17.6 Å². The first-order valence-electron chi connectivity index (χ1n) is 9.64. The van der Waals surface area contributed by atoms with E-state index in [9.17, 15) is 0 Å². The third kappa shape index (κ3) is 2.96. The van der Waals surface area contributed by atoms with Gasteiger partial charge in [-0.25, -0.2) is 15.0 Å². The maximum absolute atomic E-state index is 4.92. The lowest BCUT2D eigenvalue weighted by Gasteiger charge is -2.18. The second kappa shape index (κ2) is 6.89. The highest BCUT2D eigenvalue weighted by Crippen LogP contribution is 2.40. The van der Waals surface area contributed by atoms with Crippen molar-refractivity contribution < 1.29 is 0 Å². The van der Waals surface area contributed by atoms with E-state index in [1.807, 2.05) is 0 Å². The molecule has 1 N–H and O–H groups in total. The molecule has 4 aromatic rings. The molecular weight excluding hydrogens is 352 g/mol.